The van der Waals surface area contributed by atoms with Crippen molar-refractivity contribution in [1.82, 2.24) is 4.98 Å². The zero-order valence-electron chi connectivity index (χ0n) is 9.68. The number of benzene rings is 1. The SMILES string of the molecule is Cc1cc(Oc2cnccc2C(N)=S)ccc1F. The van der Waals surface area contributed by atoms with E-state index in [1.165, 1.54) is 12.3 Å². The molecule has 2 N–H and O–H groups in total. The number of nitrogens with two attached hydrogens (primary N) is 1. The van der Waals surface area contributed by atoms with Gasteiger partial charge in [0.25, 0.3) is 0 Å². The molecule has 0 atom stereocenters. The van der Waals surface area contributed by atoms with Gasteiger partial charge in [0, 0.05) is 6.20 Å². The van der Waals surface area contributed by atoms with Gasteiger partial charge < -0.3 is 10.5 Å². The Morgan fingerprint density at radius 1 is 1.39 bits per heavy atom. The minimum atomic E-state index is -0.275. The second-order valence-electron chi connectivity index (χ2n) is 3.75. The number of hydrogen-bond acceptors (Lipinski definition) is 3. The second-order valence-corrected chi connectivity index (χ2v) is 4.19. The molecule has 0 bridgehead atoms. The van der Waals surface area contributed by atoms with E-state index in [9.17, 15) is 4.39 Å². The topological polar surface area (TPSA) is 48.1 Å². The molecule has 2 rings (SSSR count). The molecule has 2 aromatic rings. The minimum Gasteiger partial charge on any atom is -0.455 e. The molecule has 92 valence electrons. The first-order valence-electron chi connectivity index (χ1n) is 5.26. The number of aromatic nitrogens is 1. The van der Waals surface area contributed by atoms with Gasteiger partial charge in [-0.25, -0.2) is 4.39 Å². The van der Waals surface area contributed by atoms with E-state index in [1.54, 1.807) is 31.3 Å². The molecular formula is C13H11FN2OS. The molecule has 5 heteroatoms. The van der Waals surface area contributed by atoms with Crippen LogP contribution in [-0.2, 0) is 0 Å². The summed E-state index contributed by atoms with van der Waals surface area (Å²) in [5, 5.41) is 0. The van der Waals surface area contributed by atoms with Gasteiger partial charge >= 0.3 is 0 Å². The van der Waals surface area contributed by atoms with Crippen molar-refractivity contribution in [3.8, 4) is 11.5 Å². The second kappa shape index (κ2) is 5.10. The van der Waals surface area contributed by atoms with Gasteiger partial charge in [-0.3, -0.25) is 4.98 Å². The number of hydrogen-bond donors (Lipinski definition) is 1. The Hall–Kier alpha value is -2.01. The molecular weight excluding hydrogens is 251 g/mol. The summed E-state index contributed by atoms with van der Waals surface area (Å²) in [6, 6.07) is 6.17. The predicted molar refractivity (Wildman–Crippen MR) is 71.3 cm³/mol. The Balaban J connectivity index is 2.34. The number of nitrogens with zero attached hydrogens (tertiary/aromatic N) is 1. The van der Waals surface area contributed by atoms with E-state index in [4.69, 9.17) is 22.7 Å². The molecule has 0 amide bonds. The predicted octanol–water partition coefficient (Wildman–Crippen LogP) is 2.96. The van der Waals surface area contributed by atoms with Crippen LogP contribution in [0.2, 0.25) is 0 Å². The fraction of sp³-hybridized carbons (Fsp3) is 0.0769. The van der Waals surface area contributed by atoms with Crippen LogP contribution in [0.25, 0.3) is 0 Å². The molecule has 18 heavy (non-hydrogen) atoms. The Labute approximate surface area is 109 Å². The summed E-state index contributed by atoms with van der Waals surface area (Å²) in [5.74, 6) is 0.693. The molecule has 0 aliphatic carbocycles. The van der Waals surface area contributed by atoms with E-state index >= 15 is 0 Å². The Morgan fingerprint density at radius 2 is 2.17 bits per heavy atom. The van der Waals surface area contributed by atoms with Crippen LogP contribution in [-0.4, -0.2) is 9.97 Å². The first kappa shape index (κ1) is 12.4. The average molecular weight is 262 g/mol. The summed E-state index contributed by atoms with van der Waals surface area (Å²) in [5.41, 5.74) is 6.69. The smallest absolute Gasteiger partial charge is 0.155 e. The van der Waals surface area contributed by atoms with Crippen LogP contribution in [0, 0.1) is 12.7 Å². The maximum atomic E-state index is 13.1. The first-order valence-corrected chi connectivity index (χ1v) is 5.66. The Morgan fingerprint density at radius 3 is 2.83 bits per heavy atom. The highest BCUT2D eigenvalue weighted by Crippen LogP contribution is 2.25. The molecule has 0 saturated heterocycles. The van der Waals surface area contributed by atoms with Crippen molar-refractivity contribution in [2.75, 3.05) is 0 Å². The van der Waals surface area contributed by atoms with Crippen molar-refractivity contribution in [3.05, 3.63) is 53.6 Å². The van der Waals surface area contributed by atoms with Gasteiger partial charge in [-0.1, -0.05) is 12.2 Å². The highest BCUT2D eigenvalue weighted by molar-refractivity contribution is 7.80. The molecule has 0 spiro atoms. The molecule has 0 aliphatic heterocycles. The first-order chi connectivity index (χ1) is 8.58. The van der Waals surface area contributed by atoms with Crippen molar-refractivity contribution >= 4 is 17.2 Å². The number of ether oxygens (including phenoxy) is 1. The number of pyridine rings is 1. The van der Waals surface area contributed by atoms with Crippen molar-refractivity contribution in [3.63, 3.8) is 0 Å². The number of rotatable bonds is 3. The summed E-state index contributed by atoms with van der Waals surface area (Å²) < 4.78 is 18.7. The summed E-state index contributed by atoms with van der Waals surface area (Å²) >= 11 is 4.92. The Bertz CT molecular complexity index is 601. The highest BCUT2D eigenvalue weighted by atomic mass is 32.1. The molecule has 0 saturated carbocycles. The van der Waals surface area contributed by atoms with Crippen LogP contribution >= 0.6 is 12.2 Å². The lowest BCUT2D eigenvalue weighted by atomic mass is 10.2. The highest BCUT2D eigenvalue weighted by Gasteiger charge is 2.08. The van der Waals surface area contributed by atoms with Gasteiger partial charge in [0.15, 0.2) is 5.75 Å². The lowest BCUT2D eigenvalue weighted by molar-refractivity contribution is 0.476. The van der Waals surface area contributed by atoms with Crippen LogP contribution in [0.1, 0.15) is 11.1 Å². The van der Waals surface area contributed by atoms with Gasteiger partial charge in [-0.2, -0.15) is 0 Å². The van der Waals surface area contributed by atoms with Crippen molar-refractivity contribution < 1.29 is 9.13 Å². The molecule has 0 unspecified atom stereocenters. The molecule has 0 radical (unpaired) electrons. The van der Waals surface area contributed by atoms with Crippen molar-refractivity contribution in [1.29, 1.82) is 0 Å². The van der Waals surface area contributed by atoms with Gasteiger partial charge in [0.2, 0.25) is 0 Å². The van der Waals surface area contributed by atoms with Gasteiger partial charge in [-0.05, 0) is 36.8 Å². The van der Waals surface area contributed by atoms with Crippen LogP contribution in [0.3, 0.4) is 0 Å². The summed E-state index contributed by atoms with van der Waals surface area (Å²) in [7, 11) is 0. The summed E-state index contributed by atoms with van der Waals surface area (Å²) in [4.78, 5) is 4.18. The zero-order chi connectivity index (χ0) is 13.1. The zero-order valence-corrected chi connectivity index (χ0v) is 10.5. The van der Waals surface area contributed by atoms with E-state index in [2.05, 4.69) is 4.98 Å². The third-order valence-corrected chi connectivity index (χ3v) is 2.63. The van der Waals surface area contributed by atoms with E-state index < -0.39 is 0 Å². The van der Waals surface area contributed by atoms with E-state index in [0.29, 0.717) is 22.6 Å². The molecule has 1 aromatic heterocycles. The maximum Gasteiger partial charge on any atom is 0.155 e. The van der Waals surface area contributed by atoms with Crippen LogP contribution in [0.15, 0.2) is 36.7 Å². The maximum absolute atomic E-state index is 13.1. The van der Waals surface area contributed by atoms with Crippen LogP contribution in [0.5, 0.6) is 11.5 Å². The minimum absolute atomic E-state index is 0.228. The summed E-state index contributed by atoms with van der Waals surface area (Å²) in [6.07, 6.45) is 3.10. The largest absolute Gasteiger partial charge is 0.455 e. The molecule has 0 fully saturated rings. The van der Waals surface area contributed by atoms with Crippen molar-refractivity contribution in [2.24, 2.45) is 5.73 Å². The molecule has 3 nitrogen and oxygen atoms in total. The Kier molecular flexibility index (Phi) is 3.53. The third-order valence-electron chi connectivity index (χ3n) is 2.41. The average Bonchev–Trinajstić information content (AvgIpc) is 2.34. The van der Waals surface area contributed by atoms with E-state index in [-0.39, 0.29) is 10.8 Å². The van der Waals surface area contributed by atoms with Crippen molar-refractivity contribution in [2.45, 2.75) is 6.92 Å². The van der Waals surface area contributed by atoms with Gasteiger partial charge in [0.1, 0.15) is 16.6 Å². The van der Waals surface area contributed by atoms with Gasteiger partial charge in [-0.15, -0.1) is 0 Å². The van der Waals surface area contributed by atoms with Gasteiger partial charge in [0.05, 0.1) is 11.8 Å². The lowest BCUT2D eigenvalue weighted by Crippen LogP contribution is -2.10. The molecule has 0 aliphatic rings. The number of thiocarbonyl (C=S) groups is 1. The summed E-state index contributed by atoms with van der Waals surface area (Å²) in [6.45, 7) is 1.67. The number of halogens is 1. The lowest BCUT2D eigenvalue weighted by Gasteiger charge is -2.10. The molecule has 1 heterocycles. The van der Waals surface area contributed by atoms with E-state index in [0.717, 1.165) is 0 Å². The monoisotopic (exact) mass is 262 g/mol. The normalized spacial score (nSPS) is 10.1. The van der Waals surface area contributed by atoms with E-state index in [1.807, 2.05) is 0 Å². The standard InChI is InChI=1S/C13H11FN2OS/c1-8-6-9(2-3-11(8)14)17-12-7-16-5-4-10(12)13(15)18/h2-7H,1H3,(H2,15,18). The van der Waals surface area contributed by atoms with Crippen LogP contribution < -0.4 is 10.5 Å². The quantitative estimate of drug-likeness (QED) is 0.864. The molecule has 1 aromatic carbocycles. The third kappa shape index (κ3) is 2.62. The van der Waals surface area contributed by atoms with Crippen LogP contribution in [0.4, 0.5) is 4.39 Å². The fourth-order valence-electron chi connectivity index (χ4n) is 1.47. The number of aryl methyl sites for hydroxylation is 1. The fourth-order valence-corrected chi connectivity index (χ4v) is 1.64.